The Morgan fingerprint density at radius 1 is 1.58 bits per heavy atom. The van der Waals surface area contributed by atoms with Crippen LogP contribution in [0.4, 0.5) is 14.5 Å². The number of rotatable bonds is 3. The monoisotopic (exact) mass is 271 g/mol. The predicted molar refractivity (Wildman–Crippen MR) is 66.4 cm³/mol. The lowest BCUT2D eigenvalue weighted by Gasteiger charge is -2.12. The number of aromatic nitrogens is 1. The van der Waals surface area contributed by atoms with E-state index >= 15 is 0 Å². The number of nitrogens with one attached hydrogen (secondary N) is 2. The molecule has 5 nitrogen and oxygen atoms in total. The van der Waals surface area contributed by atoms with E-state index in [-0.39, 0.29) is 5.56 Å². The second-order valence-electron chi connectivity index (χ2n) is 4.52. The Hall–Kier alpha value is -1.76. The molecule has 1 saturated heterocycles. The summed E-state index contributed by atoms with van der Waals surface area (Å²) in [6.45, 7) is 1.79. The summed E-state index contributed by atoms with van der Waals surface area (Å²) in [6.07, 6.45) is 0.986. The van der Waals surface area contributed by atoms with Crippen LogP contribution in [0.15, 0.2) is 23.1 Å². The molecule has 1 unspecified atom stereocenters. The van der Waals surface area contributed by atoms with Crippen molar-refractivity contribution in [3.05, 3.63) is 28.7 Å². The standard InChI is InChI=1S/C12H15F2N3O2/c1-2-17-6-8(3-4-10(17)18)16-11(19)9-5-12(13,14)7-15-9/h3-4,6,9,15H,2,5,7H2,1H3,(H,16,19). The van der Waals surface area contributed by atoms with Gasteiger partial charge in [-0.2, -0.15) is 0 Å². The van der Waals surface area contributed by atoms with Crippen molar-refractivity contribution in [2.24, 2.45) is 0 Å². The van der Waals surface area contributed by atoms with Crippen molar-refractivity contribution in [1.29, 1.82) is 0 Å². The van der Waals surface area contributed by atoms with Crippen LogP contribution in [0.3, 0.4) is 0 Å². The van der Waals surface area contributed by atoms with Gasteiger partial charge in [-0.25, -0.2) is 8.78 Å². The first-order chi connectivity index (χ1) is 8.91. The highest BCUT2D eigenvalue weighted by Gasteiger charge is 2.42. The number of carbonyl (C=O) groups is 1. The molecule has 2 rings (SSSR count). The molecule has 0 bridgehead atoms. The van der Waals surface area contributed by atoms with E-state index in [1.807, 2.05) is 0 Å². The van der Waals surface area contributed by atoms with E-state index in [0.29, 0.717) is 12.2 Å². The first-order valence-corrected chi connectivity index (χ1v) is 6.04. The molecule has 0 radical (unpaired) electrons. The second-order valence-corrected chi connectivity index (χ2v) is 4.52. The van der Waals surface area contributed by atoms with Crippen molar-refractivity contribution < 1.29 is 13.6 Å². The number of carbonyl (C=O) groups excluding carboxylic acids is 1. The Kier molecular flexibility index (Phi) is 3.66. The zero-order valence-electron chi connectivity index (χ0n) is 10.5. The van der Waals surface area contributed by atoms with Crippen LogP contribution < -0.4 is 16.2 Å². The lowest BCUT2D eigenvalue weighted by Crippen LogP contribution is -2.35. The molecule has 2 N–H and O–H groups in total. The van der Waals surface area contributed by atoms with Crippen LogP contribution in [-0.4, -0.2) is 29.0 Å². The summed E-state index contributed by atoms with van der Waals surface area (Å²) in [5.41, 5.74) is 0.245. The van der Waals surface area contributed by atoms with Crippen molar-refractivity contribution in [2.45, 2.75) is 31.9 Å². The maximum atomic E-state index is 13.0. The highest BCUT2D eigenvalue weighted by atomic mass is 19.3. The minimum absolute atomic E-state index is 0.175. The fraction of sp³-hybridized carbons (Fsp3) is 0.500. The summed E-state index contributed by atoms with van der Waals surface area (Å²) in [4.78, 5) is 23.2. The molecule has 7 heteroatoms. The van der Waals surface area contributed by atoms with E-state index in [1.54, 1.807) is 6.92 Å². The Bertz CT molecular complexity index is 542. The SMILES string of the molecule is CCn1cc(NC(=O)C2CC(F)(F)CN2)ccc1=O. The molecule has 2 heterocycles. The smallest absolute Gasteiger partial charge is 0.262 e. The molecule has 1 aromatic rings. The lowest BCUT2D eigenvalue weighted by molar-refractivity contribution is -0.118. The quantitative estimate of drug-likeness (QED) is 0.855. The summed E-state index contributed by atoms with van der Waals surface area (Å²) in [6, 6.07) is 1.88. The van der Waals surface area contributed by atoms with Gasteiger partial charge in [0.15, 0.2) is 0 Å². The van der Waals surface area contributed by atoms with E-state index in [1.165, 1.54) is 22.9 Å². The molecule has 0 spiro atoms. The Morgan fingerprint density at radius 3 is 2.89 bits per heavy atom. The van der Waals surface area contributed by atoms with Gasteiger partial charge < -0.3 is 9.88 Å². The fourth-order valence-corrected chi connectivity index (χ4v) is 1.98. The lowest BCUT2D eigenvalue weighted by atomic mass is 10.2. The average molecular weight is 271 g/mol. The molecule has 19 heavy (non-hydrogen) atoms. The predicted octanol–water partition coefficient (Wildman–Crippen LogP) is 0.804. The average Bonchev–Trinajstić information content (AvgIpc) is 2.72. The van der Waals surface area contributed by atoms with Crippen LogP contribution in [0.1, 0.15) is 13.3 Å². The molecule has 0 aromatic carbocycles. The highest BCUT2D eigenvalue weighted by molar-refractivity contribution is 5.95. The van der Waals surface area contributed by atoms with Crippen LogP contribution in [0.25, 0.3) is 0 Å². The minimum Gasteiger partial charge on any atom is -0.323 e. The molecule has 1 fully saturated rings. The van der Waals surface area contributed by atoms with Crippen LogP contribution in [0.2, 0.25) is 0 Å². The molecule has 1 aliphatic rings. The fourth-order valence-electron chi connectivity index (χ4n) is 1.98. The summed E-state index contributed by atoms with van der Waals surface area (Å²) < 4.78 is 27.4. The van der Waals surface area contributed by atoms with Crippen molar-refractivity contribution in [1.82, 2.24) is 9.88 Å². The Balaban J connectivity index is 2.05. The summed E-state index contributed by atoms with van der Waals surface area (Å²) in [5.74, 6) is -3.36. The number of hydrogen-bond acceptors (Lipinski definition) is 3. The minimum atomic E-state index is -2.84. The largest absolute Gasteiger partial charge is 0.323 e. The number of aryl methyl sites for hydroxylation is 1. The van der Waals surface area contributed by atoms with Gasteiger partial charge in [0.05, 0.1) is 18.3 Å². The van der Waals surface area contributed by atoms with Gasteiger partial charge in [-0.1, -0.05) is 0 Å². The molecule has 1 amide bonds. The topological polar surface area (TPSA) is 63.1 Å². The highest BCUT2D eigenvalue weighted by Crippen LogP contribution is 2.25. The van der Waals surface area contributed by atoms with Crippen LogP contribution in [0, 0.1) is 0 Å². The van der Waals surface area contributed by atoms with Gasteiger partial charge in [-0.05, 0) is 13.0 Å². The molecule has 1 aliphatic heterocycles. The zero-order chi connectivity index (χ0) is 14.0. The third-order valence-electron chi connectivity index (χ3n) is 3.02. The first-order valence-electron chi connectivity index (χ1n) is 6.04. The number of hydrogen-bond donors (Lipinski definition) is 2. The third-order valence-corrected chi connectivity index (χ3v) is 3.02. The number of anilines is 1. The van der Waals surface area contributed by atoms with Gasteiger partial charge in [0.1, 0.15) is 0 Å². The zero-order valence-corrected chi connectivity index (χ0v) is 10.5. The Morgan fingerprint density at radius 2 is 2.32 bits per heavy atom. The van der Waals surface area contributed by atoms with Gasteiger partial charge in [-0.15, -0.1) is 0 Å². The number of pyridine rings is 1. The summed E-state index contributed by atoms with van der Waals surface area (Å²) in [7, 11) is 0. The molecule has 1 aromatic heterocycles. The van der Waals surface area contributed by atoms with Gasteiger partial charge in [0.25, 0.3) is 11.5 Å². The van der Waals surface area contributed by atoms with E-state index in [0.717, 1.165) is 0 Å². The van der Waals surface area contributed by atoms with Crippen molar-refractivity contribution in [2.75, 3.05) is 11.9 Å². The molecule has 1 atom stereocenters. The van der Waals surface area contributed by atoms with Crippen molar-refractivity contribution in [3.63, 3.8) is 0 Å². The van der Waals surface area contributed by atoms with E-state index in [4.69, 9.17) is 0 Å². The van der Waals surface area contributed by atoms with Gasteiger partial charge in [0, 0.05) is 25.2 Å². The van der Waals surface area contributed by atoms with E-state index < -0.39 is 30.8 Å². The van der Waals surface area contributed by atoms with Gasteiger partial charge in [0.2, 0.25) is 5.91 Å². The van der Waals surface area contributed by atoms with Crippen LogP contribution in [-0.2, 0) is 11.3 Å². The van der Waals surface area contributed by atoms with E-state index in [9.17, 15) is 18.4 Å². The van der Waals surface area contributed by atoms with Crippen LogP contribution >= 0.6 is 0 Å². The first kappa shape index (κ1) is 13.7. The summed E-state index contributed by atoms with van der Waals surface area (Å²) in [5, 5.41) is 5.01. The second kappa shape index (κ2) is 5.08. The van der Waals surface area contributed by atoms with Crippen LogP contribution in [0.5, 0.6) is 0 Å². The Labute approximate surface area is 108 Å². The normalized spacial score (nSPS) is 21.3. The number of halogens is 2. The molecular weight excluding hydrogens is 256 g/mol. The molecular formula is C12H15F2N3O2. The third kappa shape index (κ3) is 3.17. The molecule has 0 aliphatic carbocycles. The van der Waals surface area contributed by atoms with Gasteiger partial charge >= 0.3 is 0 Å². The maximum Gasteiger partial charge on any atom is 0.262 e. The van der Waals surface area contributed by atoms with E-state index in [2.05, 4.69) is 10.6 Å². The van der Waals surface area contributed by atoms with Crippen molar-refractivity contribution >= 4 is 11.6 Å². The maximum absolute atomic E-state index is 13.0. The van der Waals surface area contributed by atoms with Gasteiger partial charge in [-0.3, -0.25) is 14.9 Å². The molecule has 104 valence electrons. The number of nitrogens with zero attached hydrogens (tertiary/aromatic N) is 1. The number of alkyl halides is 2. The van der Waals surface area contributed by atoms with Crippen molar-refractivity contribution in [3.8, 4) is 0 Å². The molecule has 0 saturated carbocycles. The summed E-state index contributed by atoms with van der Waals surface area (Å²) >= 11 is 0. The number of amides is 1.